The summed E-state index contributed by atoms with van der Waals surface area (Å²) in [5.74, 6) is 1.04. The van der Waals surface area contributed by atoms with E-state index in [4.69, 9.17) is 14.7 Å². The van der Waals surface area contributed by atoms with E-state index >= 15 is 0 Å². The third-order valence-corrected chi connectivity index (χ3v) is 3.27. The predicted molar refractivity (Wildman–Crippen MR) is 90.4 cm³/mol. The molecule has 2 aromatic carbocycles. The quantitative estimate of drug-likeness (QED) is 0.676. The Balaban J connectivity index is 1.66. The van der Waals surface area contributed by atoms with E-state index < -0.39 is 0 Å². The Hall–Kier alpha value is -2.58. The first kappa shape index (κ1) is 17.8. The molecule has 0 spiro atoms. The number of nitrogens with one attached hydrogen (secondary N) is 1. The van der Waals surface area contributed by atoms with Gasteiger partial charge < -0.3 is 14.8 Å². The lowest BCUT2D eigenvalue weighted by Gasteiger charge is -2.09. The summed E-state index contributed by atoms with van der Waals surface area (Å²) in [6.07, 6.45) is 1.24. The molecule has 0 aliphatic rings. The van der Waals surface area contributed by atoms with E-state index in [9.17, 15) is 4.39 Å². The molecule has 0 heterocycles. The van der Waals surface area contributed by atoms with Gasteiger partial charge in [0.05, 0.1) is 12.7 Å². The van der Waals surface area contributed by atoms with Gasteiger partial charge in [0.1, 0.15) is 23.9 Å². The van der Waals surface area contributed by atoms with Crippen molar-refractivity contribution >= 4 is 0 Å². The summed E-state index contributed by atoms with van der Waals surface area (Å²) in [5, 5.41) is 11.8. The van der Waals surface area contributed by atoms with Gasteiger partial charge in [-0.05, 0) is 36.2 Å². The van der Waals surface area contributed by atoms with Gasteiger partial charge in [-0.25, -0.2) is 4.39 Å². The van der Waals surface area contributed by atoms with Crippen LogP contribution in [0.1, 0.15) is 18.4 Å². The zero-order valence-corrected chi connectivity index (χ0v) is 13.5. The molecule has 0 atom stereocenters. The van der Waals surface area contributed by atoms with Crippen molar-refractivity contribution in [1.29, 1.82) is 5.26 Å². The Kier molecular flexibility index (Phi) is 7.58. The Labute approximate surface area is 141 Å². The highest BCUT2D eigenvalue weighted by Gasteiger charge is 1.99. The minimum absolute atomic E-state index is 0.299. The average molecular weight is 328 g/mol. The van der Waals surface area contributed by atoms with Crippen LogP contribution in [0.15, 0.2) is 48.5 Å². The van der Waals surface area contributed by atoms with Crippen molar-refractivity contribution < 1.29 is 13.9 Å². The van der Waals surface area contributed by atoms with Crippen LogP contribution in [0.3, 0.4) is 0 Å². The molecule has 0 saturated carbocycles. The van der Waals surface area contributed by atoms with Crippen molar-refractivity contribution in [2.45, 2.75) is 19.4 Å². The zero-order valence-electron chi connectivity index (χ0n) is 13.5. The van der Waals surface area contributed by atoms with Crippen LogP contribution >= 0.6 is 0 Å². The highest BCUT2D eigenvalue weighted by molar-refractivity contribution is 5.28. The summed E-state index contributed by atoms with van der Waals surface area (Å²) in [6.45, 7) is 2.37. The van der Waals surface area contributed by atoms with Crippen molar-refractivity contribution in [3.63, 3.8) is 0 Å². The van der Waals surface area contributed by atoms with E-state index in [-0.39, 0.29) is 5.82 Å². The number of hydrogen-bond acceptors (Lipinski definition) is 4. The lowest BCUT2D eigenvalue weighted by molar-refractivity contribution is 0.310. The number of rotatable bonds is 10. The van der Waals surface area contributed by atoms with Gasteiger partial charge in [-0.1, -0.05) is 18.2 Å². The number of hydrogen-bond donors (Lipinski definition) is 1. The van der Waals surface area contributed by atoms with Gasteiger partial charge >= 0.3 is 0 Å². The van der Waals surface area contributed by atoms with Gasteiger partial charge in [0.2, 0.25) is 0 Å². The molecule has 0 saturated heterocycles. The van der Waals surface area contributed by atoms with Crippen LogP contribution in [0.5, 0.6) is 11.5 Å². The van der Waals surface area contributed by atoms with Crippen molar-refractivity contribution in [1.82, 2.24) is 5.32 Å². The SMILES string of the molecule is N#CCCCOc1cccc(CNCCOc2cccc(F)c2)c1. The van der Waals surface area contributed by atoms with Crippen LogP contribution in [0.25, 0.3) is 0 Å². The number of unbranched alkanes of at least 4 members (excludes halogenated alkanes) is 1. The number of benzene rings is 2. The maximum Gasteiger partial charge on any atom is 0.126 e. The molecular formula is C19H21FN2O2. The second kappa shape index (κ2) is 10.2. The molecule has 0 aliphatic heterocycles. The molecule has 1 N–H and O–H groups in total. The summed E-state index contributed by atoms with van der Waals surface area (Å²) < 4.78 is 24.1. The van der Waals surface area contributed by atoms with Crippen LogP contribution in [0.2, 0.25) is 0 Å². The minimum Gasteiger partial charge on any atom is -0.494 e. The van der Waals surface area contributed by atoms with Gasteiger partial charge in [0.25, 0.3) is 0 Å². The monoisotopic (exact) mass is 328 g/mol. The molecule has 0 unspecified atom stereocenters. The Morgan fingerprint density at radius 3 is 2.54 bits per heavy atom. The summed E-state index contributed by atoms with van der Waals surface area (Å²) in [4.78, 5) is 0. The molecule has 0 radical (unpaired) electrons. The standard InChI is InChI=1S/C19H21FN2O2/c20-17-6-4-8-19(14-17)24-12-10-22-15-16-5-3-7-18(13-16)23-11-2-1-9-21/h3-8,13-14,22H,1-2,10-12,15H2. The summed E-state index contributed by atoms with van der Waals surface area (Å²) in [5.41, 5.74) is 1.11. The largest absolute Gasteiger partial charge is 0.494 e. The fourth-order valence-corrected chi connectivity index (χ4v) is 2.12. The number of nitriles is 1. The first-order valence-electron chi connectivity index (χ1n) is 7.96. The van der Waals surface area contributed by atoms with Crippen LogP contribution < -0.4 is 14.8 Å². The van der Waals surface area contributed by atoms with Gasteiger partial charge in [-0.15, -0.1) is 0 Å². The third-order valence-electron chi connectivity index (χ3n) is 3.27. The van der Waals surface area contributed by atoms with E-state index in [1.54, 1.807) is 12.1 Å². The summed E-state index contributed by atoms with van der Waals surface area (Å²) in [6, 6.07) is 16.1. The van der Waals surface area contributed by atoms with E-state index in [0.717, 1.165) is 17.7 Å². The molecule has 0 amide bonds. The molecule has 126 valence electrons. The van der Waals surface area contributed by atoms with Crippen molar-refractivity contribution in [3.8, 4) is 17.6 Å². The van der Waals surface area contributed by atoms with Gasteiger partial charge in [-0.3, -0.25) is 0 Å². The van der Waals surface area contributed by atoms with Crippen LogP contribution in [0, 0.1) is 17.1 Å². The molecule has 4 nitrogen and oxygen atoms in total. The second-order valence-corrected chi connectivity index (χ2v) is 5.24. The molecular weight excluding hydrogens is 307 g/mol. The first-order chi connectivity index (χ1) is 11.8. The lowest BCUT2D eigenvalue weighted by Crippen LogP contribution is -2.20. The molecule has 5 heteroatoms. The van der Waals surface area contributed by atoms with E-state index in [2.05, 4.69) is 11.4 Å². The van der Waals surface area contributed by atoms with E-state index in [0.29, 0.717) is 38.5 Å². The molecule has 0 aromatic heterocycles. The van der Waals surface area contributed by atoms with E-state index in [1.165, 1.54) is 12.1 Å². The maximum atomic E-state index is 13.0. The van der Waals surface area contributed by atoms with Gasteiger partial charge in [0, 0.05) is 25.6 Å². The fourth-order valence-electron chi connectivity index (χ4n) is 2.12. The fraction of sp³-hybridized carbons (Fsp3) is 0.316. The topological polar surface area (TPSA) is 54.3 Å². The summed E-state index contributed by atoms with van der Waals surface area (Å²) >= 11 is 0. The normalized spacial score (nSPS) is 10.2. The highest BCUT2D eigenvalue weighted by atomic mass is 19.1. The average Bonchev–Trinajstić information content (AvgIpc) is 2.59. The van der Waals surface area contributed by atoms with Crippen LogP contribution in [-0.4, -0.2) is 19.8 Å². The molecule has 0 aliphatic carbocycles. The van der Waals surface area contributed by atoms with Gasteiger partial charge in [-0.2, -0.15) is 5.26 Å². The molecule has 0 bridgehead atoms. The Morgan fingerprint density at radius 1 is 1.00 bits per heavy atom. The van der Waals surface area contributed by atoms with Crippen LogP contribution in [-0.2, 0) is 6.54 Å². The smallest absolute Gasteiger partial charge is 0.126 e. The highest BCUT2D eigenvalue weighted by Crippen LogP contribution is 2.14. The Morgan fingerprint density at radius 2 is 1.75 bits per heavy atom. The predicted octanol–water partition coefficient (Wildman–Crippen LogP) is 3.68. The van der Waals surface area contributed by atoms with E-state index in [1.807, 2.05) is 24.3 Å². The third kappa shape index (κ3) is 6.67. The van der Waals surface area contributed by atoms with Crippen LogP contribution in [0.4, 0.5) is 4.39 Å². The maximum absolute atomic E-state index is 13.0. The molecule has 0 fully saturated rings. The minimum atomic E-state index is -0.299. The number of nitrogens with zero attached hydrogens (tertiary/aromatic N) is 1. The molecule has 2 aromatic rings. The first-order valence-corrected chi connectivity index (χ1v) is 7.96. The van der Waals surface area contributed by atoms with Crippen molar-refractivity contribution in [2.24, 2.45) is 0 Å². The second-order valence-electron chi connectivity index (χ2n) is 5.24. The number of ether oxygens (including phenoxy) is 2. The Bertz CT molecular complexity index is 670. The van der Waals surface area contributed by atoms with Gasteiger partial charge in [0.15, 0.2) is 0 Å². The van der Waals surface area contributed by atoms with Crippen molar-refractivity contribution in [2.75, 3.05) is 19.8 Å². The zero-order chi connectivity index (χ0) is 17.0. The molecule has 24 heavy (non-hydrogen) atoms. The molecule has 2 rings (SSSR count). The summed E-state index contributed by atoms with van der Waals surface area (Å²) in [7, 11) is 0. The number of halogens is 1. The van der Waals surface area contributed by atoms with Crippen molar-refractivity contribution in [3.05, 3.63) is 59.9 Å². The lowest BCUT2D eigenvalue weighted by atomic mass is 10.2.